The zero-order chi connectivity index (χ0) is 14.9. The standard InChI is InChI=1S/C13H16BrN3O3/c1-7-5-9(17(6-7)13(19)20)12(18)16-11-8(2)3-4-10(14)15-11/h3-4,7,9H,5-6H2,1-2H3,(H,19,20)(H,15,16,18)/t7?,9-/m0/s1. The van der Waals surface area contributed by atoms with Gasteiger partial charge in [0.1, 0.15) is 16.5 Å². The first-order valence-corrected chi connectivity index (χ1v) is 7.11. The number of carbonyl (C=O) groups excluding carboxylic acids is 1. The number of likely N-dealkylation sites (tertiary alicyclic amines) is 1. The average Bonchev–Trinajstić information content (AvgIpc) is 2.76. The van der Waals surface area contributed by atoms with E-state index in [0.717, 1.165) is 5.56 Å². The smallest absolute Gasteiger partial charge is 0.407 e. The number of anilines is 1. The zero-order valence-corrected chi connectivity index (χ0v) is 12.8. The topological polar surface area (TPSA) is 82.5 Å². The van der Waals surface area contributed by atoms with Crippen LogP contribution in [0.15, 0.2) is 16.7 Å². The molecule has 7 heteroatoms. The molecule has 1 fully saturated rings. The van der Waals surface area contributed by atoms with Crippen LogP contribution in [0, 0.1) is 12.8 Å². The molecule has 2 atom stereocenters. The number of hydrogen-bond donors (Lipinski definition) is 2. The predicted molar refractivity (Wildman–Crippen MR) is 77.6 cm³/mol. The summed E-state index contributed by atoms with van der Waals surface area (Å²) in [6.07, 6.45) is -0.529. The van der Waals surface area contributed by atoms with Gasteiger partial charge in [-0.1, -0.05) is 13.0 Å². The van der Waals surface area contributed by atoms with Crippen molar-refractivity contribution in [2.75, 3.05) is 11.9 Å². The number of aromatic nitrogens is 1. The van der Waals surface area contributed by atoms with Gasteiger partial charge in [-0.2, -0.15) is 0 Å². The van der Waals surface area contributed by atoms with Crippen LogP contribution < -0.4 is 5.32 Å². The van der Waals surface area contributed by atoms with E-state index in [0.29, 0.717) is 23.4 Å². The number of carboxylic acid groups (broad SMARTS) is 1. The van der Waals surface area contributed by atoms with Crippen molar-refractivity contribution in [1.82, 2.24) is 9.88 Å². The van der Waals surface area contributed by atoms with E-state index in [-0.39, 0.29) is 11.8 Å². The lowest BCUT2D eigenvalue weighted by Crippen LogP contribution is -2.42. The van der Waals surface area contributed by atoms with Crippen LogP contribution in [-0.4, -0.2) is 39.6 Å². The van der Waals surface area contributed by atoms with Gasteiger partial charge >= 0.3 is 6.09 Å². The van der Waals surface area contributed by atoms with Gasteiger partial charge in [-0.05, 0) is 46.8 Å². The van der Waals surface area contributed by atoms with Gasteiger partial charge in [-0.15, -0.1) is 0 Å². The summed E-state index contributed by atoms with van der Waals surface area (Å²) in [5.41, 5.74) is 0.828. The molecular weight excluding hydrogens is 326 g/mol. The van der Waals surface area contributed by atoms with E-state index in [1.807, 2.05) is 19.9 Å². The van der Waals surface area contributed by atoms with E-state index in [9.17, 15) is 9.59 Å². The molecule has 2 N–H and O–H groups in total. The number of pyridine rings is 1. The highest BCUT2D eigenvalue weighted by atomic mass is 79.9. The number of hydrogen-bond acceptors (Lipinski definition) is 3. The number of carbonyl (C=O) groups is 2. The van der Waals surface area contributed by atoms with Gasteiger partial charge in [0.2, 0.25) is 5.91 Å². The maximum Gasteiger partial charge on any atom is 0.407 e. The van der Waals surface area contributed by atoms with Crippen LogP contribution in [0.3, 0.4) is 0 Å². The summed E-state index contributed by atoms with van der Waals surface area (Å²) in [5, 5.41) is 11.9. The molecule has 2 rings (SSSR count). The molecule has 2 heterocycles. The molecule has 6 nitrogen and oxygen atoms in total. The summed E-state index contributed by atoms with van der Waals surface area (Å²) in [5.74, 6) is 0.304. The molecule has 0 aliphatic carbocycles. The van der Waals surface area contributed by atoms with Gasteiger partial charge in [-0.3, -0.25) is 9.69 Å². The fraction of sp³-hybridized carbons (Fsp3) is 0.462. The molecule has 1 aliphatic rings. The summed E-state index contributed by atoms with van der Waals surface area (Å²) < 4.78 is 0.619. The fourth-order valence-corrected chi connectivity index (χ4v) is 2.65. The quantitative estimate of drug-likeness (QED) is 0.809. The molecule has 0 bridgehead atoms. The Morgan fingerprint density at radius 3 is 2.85 bits per heavy atom. The van der Waals surface area contributed by atoms with E-state index < -0.39 is 12.1 Å². The van der Waals surface area contributed by atoms with Crippen molar-refractivity contribution in [3.05, 3.63) is 22.3 Å². The molecule has 20 heavy (non-hydrogen) atoms. The normalized spacial score (nSPS) is 21.9. The first kappa shape index (κ1) is 14.8. The summed E-state index contributed by atoms with van der Waals surface area (Å²) in [7, 11) is 0. The largest absolute Gasteiger partial charge is 0.465 e. The number of aryl methyl sites for hydroxylation is 1. The van der Waals surface area contributed by atoms with Gasteiger partial charge in [-0.25, -0.2) is 9.78 Å². The van der Waals surface area contributed by atoms with Crippen LogP contribution >= 0.6 is 15.9 Å². The Bertz CT molecular complexity index is 550. The predicted octanol–water partition coefficient (Wildman–Crippen LogP) is 2.48. The van der Waals surface area contributed by atoms with E-state index in [2.05, 4.69) is 26.2 Å². The molecule has 0 spiro atoms. The van der Waals surface area contributed by atoms with Crippen molar-refractivity contribution >= 4 is 33.7 Å². The van der Waals surface area contributed by atoms with Crippen LogP contribution in [0.1, 0.15) is 18.9 Å². The third-order valence-corrected chi connectivity index (χ3v) is 3.80. The minimum absolute atomic E-state index is 0.179. The number of nitrogens with zero attached hydrogens (tertiary/aromatic N) is 2. The Morgan fingerprint density at radius 1 is 1.50 bits per heavy atom. The number of nitrogens with one attached hydrogen (secondary N) is 1. The summed E-state index contributed by atoms with van der Waals surface area (Å²) in [4.78, 5) is 28.8. The number of halogens is 1. The van der Waals surface area contributed by atoms with Crippen molar-refractivity contribution < 1.29 is 14.7 Å². The Morgan fingerprint density at radius 2 is 2.20 bits per heavy atom. The lowest BCUT2D eigenvalue weighted by Gasteiger charge is -2.20. The van der Waals surface area contributed by atoms with E-state index in [1.165, 1.54) is 4.90 Å². The lowest BCUT2D eigenvalue weighted by molar-refractivity contribution is -0.119. The van der Waals surface area contributed by atoms with Crippen molar-refractivity contribution in [3.63, 3.8) is 0 Å². The van der Waals surface area contributed by atoms with Crippen LogP contribution in [0.25, 0.3) is 0 Å². The number of amides is 2. The zero-order valence-electron chi connectivity index (χ0n) is 11.3. The Balaban J connectivity index is 2.15. The van der Waals surface area contributed by atoms with E-state index >= 15 is 0 Å². The Hall–Kier alpha value is -1.63. The third-order valence-electron chi connectivity index (χ3n) is 3.36. The average molecular weight is 342 g/mol. The van der Waals surface area contributed by atoms with Crippen LogP contribution in [-0.2, 0) is 4.79 Å². The third kappa shape index (κ3) is 3.09. The molecule has 0 aromatic carbocycles. The van der Waals surface area contributed by atoms with Crippen LogP contribution in [0.2, 0.25) is 0 Å². The molecule has 2 amide bonds. The number of rotatable bonds is 2. The highest BCUT2D eigenvalue weighted by Gasteiger charge is 2.38. The monoisotopic (exact) mass is 341 g/mol. The van der Waals surface area contributed by atoms with Crippen LogP contribution in [0.5, 0.6) is 0 Å². The van der Waals surface area contributed by atoms with Crippen molar-refractivity contribution in [2.45, 2.75) is 26.3 Å². The van der Waals surface area contributed by atoms with Gasteiger partial charge in [0, 0.05) is 6.54 Å². The lowest BCUT2D eigenvalue weighted by atomic mass is 10.1. The Kier molecular flexibility index (Phi) is 4.27. The molecule has 0 radical (unpaired) electrons. The molecule has 1 aliphatic heterocycles. The van der Waals surface area contributed by atoms with E-state index in [1.54, 1.807) is 6.07 Å². The second kappa shape index (κ2) is 5.78. The first-order valence-electron chi connectivity index (χ1n) is 6.32. The van der Waals surface area contributed by atoms with Gasteiger partial charge in [0.05, 0.1) is 0 Å². The molecule has 1 aromatic rings. The maximum atomic E-state index is 12.3. The van der Waals surface area contributed by atoms with Crippen LogP contribution in [0.4, 0.5) is 10.6 Å². The van der Waals surface area contributed by atoms with Gasteiger partial charge < -0.3 is 10.4 Å². The molecular formula is C13H16BrN3O3. The van der Waals surface area contributed by atoms with Crippen molar-refractivity contribution in [2.24, 2.45) is 5.92 Å². The second-order valence-electron chi connectivity index (χ2n) is 5.08. The SMILES string of the molecule is Cc1ccc(Br)nc1NC(=O)[C@@H]1CC(C)CN1C(=O)O. The van der Waals surface area contributed by atoms with Gasteiger partial charge in [0.25, 0.3) is 0 Å². The summed E-state index contributed by atoms with van der Waals surface area (Å²) >= 11 is 3.25. The minimum atomic E-state index is -1.06. The highest BCUT2D eigenvalue weighted by Crippen LogP contribution is 2.24. The molecule has 0 saturated carbocycles. The van der Waals surface area contributed by atoms with Crippen molar-refractivity contribution in [1.29, 1.82) is 0 Å². The molecule has 108 valence electrons. The highest BCUT2D eigenvalue weighted by molar-refractivity contribution is 9.10. The molecule has 1 saturated heterocycles. The summed E-state index contributed by atoms with van der Waals surface area (Å²) in [6.45, 7) is 4.16. The minimum Gasteiger partial charge on any atom is -0.465 e. The fourth-order valence-electron chi connectivity index (χ4n) is 2.34. The summed E-state index contributed by atoms with van der Waals surface area (Å²) in [6, 6.07) is 2.97. The second-order valence-corrected chi connectivity index (χ2v) is 5.89. The van der Waals surface area contributed by atoms with Gasteiger partial charge in [0.15, 0.2) is 0 Å². The van der Waals surface area contributed by atoms with E-state index in [4.69, 9.17) is 5.11 Å². The Labute approximate surface area is 125 Å². The first-order chi connectivity index (χ1) is 9.38. The maximum absolute atomic E-state index is 12.3. The molecule has 1 aromatic heterocycles. The molecule has 1 unspecified atom stereocenters. The van der Waals surface area contributed by atoms with Crippen molar-refractivity contribution in [3.8, 4) is 0 Å².